The highest BCUT2D eigenvalue weighted by atomic mass is 16.5. The maximum Gasteiger partial charge on any atom is 0.315 e. The van der Waals surface area contributed by atoms with E-state index in [4.69, 9.17) is 9.47 Å². The number of pyridine rings is 1. The number of nitrogens with one attached hydrogen (secondary N) is 2. The summed E-state index contributed by atoms with van der Waals surface area (Å²) in [4.78, 5) is 18.5. The molecule has 2 amide bonds. The van der Waals surface area contributed by atoms with Crippen molar-refractivity contribution in [3.8, 4) is 5.88 Å². The first-order chi connectivity index (χ1) is 11.2. The summed E-state index contributed by atoms with van der Waals surface area (Å²) in [6, 6.07) is 3.62. The summed E-state index contributed by atoms with van der Waals surface area (Å²) in [6.07, 6.45) is 1.68. The SMILES string of the molecule is CCOc1ncccc1CNC(=O)N[C@@H](C)CN1CCOCC1. The molecule has 1 saturated heterocycles. The number of urea groups is 1. The van der Waals surface area contributed by atoms with Gasteiger partial charge >= 0.3 is 6.03 Å². The van der Waals surface area contributed by atoms with Crippen LogP contribution < -0.4 is 15.4 Å². The highest BCUT2D eigenvalue weighted by Gasteiger charge is 2.15. The van der Waals surface area contributed by atoms with Crippen molar-refractivity contribution in [1.82, 2.24) is 20.5 Å². The molecule has 1 aliphatic rings. The molecule has 23 heavy (non-hydrogen) atoms. The van der Waals surface area contributed by atoms with Gasteiger partial charge in [-0.3, -0.25) is 4.90 Å². The molecule has 0 radical (unpaired) electrons. The molecule has 1 atom stereocenters. The Balaban J connectivity index is 1.74. The van der Waals surface area contributed by atoms with Crippen molar-refractivity contribution in [1.29, 1.82) is 0 Å². The number of morpholine rings is 1. The number of rotatable bonds is 7. The highest BCUT2D eigenvalue weighted by molar-refractivity contribution is 5.74. The van der Waals surface area contributed by atoms with Gasteiger partial charge < -0.3 is 20.1 Å². The molecule has 0 aliphatic carbocycles. The molecular formula is C16H26N4O3. The number of nitrogens with zero attached hydrogens (tertiary/aromatic N) is 2. The molecule has 0 aromatic carbocycles. The lowest BCUT2D eigenvalue weighted by Gasteiger charge is -2.29. The third kappa shape index (κ3) is 6.03. The standard InChI is InChI=1S/C16H26N4O3/c1-3-23-15-14(5-4-6-17-15)11-18-16(21)19-13(2)12-20-7-9-22-10-8-20/h4-6,13H,3,7-12H2,1-2H3,(H2,18,19,21)/t13-/m0/s1. The van der Waals surface area contributed by atoms with Crippen LogP contribution in [0.5, 0.6) is 5.88 Å². The van der Waals surface area contributed by atoms with Gasteiger partial charge in [0, 0.05) is 44.0 Å². The largest absolute Gasteiger partial charge is 0.478 e. The van der Waals surface area contributed by atoms with Gasteiger partial charge in [-0.1, -0.05) is 6.07 Å². The smallest absolute Gasteiger partial charge is 0.315 e. The Morgan fingerprint density at radius 2 is 2.26 bits per heavy atom. The summed E-state index contributed by atoms with van der Waals surface area (Å²) in [6.45, 7) is 9.04. The Morgan fingerprint density at radius 1 is 1.48 bits per heavy atom. The van der Waals surface area contributed by atoms with E-state index in [1.807, 2.05) is 26.0 Å². The predicted molar refractivity (Wildman–Crippen MR) is 87.5 cm³/mol. The molecule has 0 unspecified atom stereocenters. The average Bonchev–Trinajstić information content (AvgIpc) is 2.55. The molecule has 2 rings (SSSR count). The summed E-state index contributed by atoms with van der Waals surface area (Å²) in [5.74, 6) is 0.566. The summed E-state index contributed by atoms with van der Waals surface area (Å²) in [5.41, 5.74) is 0.866. The van der Waals surface area contributed by atoms with Crippen molar-refractivity contribution in [2.75, 3.05) is 39.5 Å². The highest BCUT2D eigenvalue weighted by Crippen LogP contribution is 2.13. The third-order valence-corrected chi connectivity index (χ3v) is 3.58. The van der Waals surface area contributed by atoms with E-state index in [1.165, 1.54) is 0 Å². The Labute approximate surface area is 137 Å². The fraction of sp³-hybridized carbons (Fsp3) is 0.625. The van der Waals surface area contributed by atoms with E-state index in [-0.39, 0.29) is 12.1 Å². The number of aromatic nitrogens is 1. The van der Waals surface area contributed by atoms with E-state index in [2.05, 4.69) is 20.5 Å². The van der Waals surface area contributed by atoms with Crippen LogP contribution in [0.1, 0.15) is 19.4 Å². The zero-order valence-electron chi connectivity index (χ0n) is 13.9. The minimum absolute atomic E-state index is 0.0772. The van der Waals surface area contributed by atoms with Gasteiger partial charge in [0.05, 0.1) is 19.8 Å². The predicted octanol–water partition coefficient (Wildman–Crippen LogP) is 1.00. The van der Waals surface area contributed by atoms with Crippen LogP contribution in [-0.2, 0) is 11.3 Å². The molecule has 1 aromatic heterocycles. The zero-order valence-corrected chi connectivity index (χ0v) is 13.9. The van der Waals surface area contributed by atoms with E-state index in [0.29, 0.717) is 19.0 Å². The van der Waals surface area contributed by atoms with Crippen LogP contribution in [0.4, 0.5) is 4.79 Å². The van der Waals surface area contributed by atoms with E-state index in [1.54, 1.807) is 6.20 Å². The summed E-state index contributed by atoms with van der Waals surface area (Å²) >= 11 is 0. The summed E-state index contributed by atoms with van der Waals surface area (Å²) in [7, 11) is 0. The average molecular weight is 322 g/mol. The van der Waals surface area contributed by atoms with Crippen LogP contribution in [-0.4, -0.2) is 61.4 Å². The Morgan fingerprint density at radius 3 is 3.00 bits per heavy atom. The second kappa shape index (κ2) is 9.32. The zero-order chi connectivity index (χ0) is 16.5. The fourth-order valence-corrected chi connectivity index (χ4v) is 2.49. The van der Waals surface area contributed by atoms with Crippen molar-refractivity contribution >= 4 is 6.03 Å². The van der Waals surface area contributed by atoms with E-state index >= 15 is 0 Å². The van der Waals surface area contributed by atoms with Crippen LogP contribution in [0.25, 0.3) is 0 Å². The Bertz CT molecular complexity index is 492. The molecule has 1 fully saturated rings. The van der Waals surface area contributed by atoms with Crippen LogP contribution in [0.3, 0.4) is 0 Å². The number of ether oxygens (including phenoxy) is 2. The van der Waals surface area contributed by atoms with Crippen LogP contribution >= 0.6 is 0 Å². The summed E-state index contributed by atoms with van der Waals surface area (Å²) < 4.78 is 10.8. The van der Waals surface area contributed by atoms with Gasteiger partial charge in [0.1, 0.15) is 0 Å². The monoisotopic (exact) mass is 322 g/mol. The maximum absolute atomic E-state index is 12.0. The number of amides is 2. The number of carbonyl (C=O) groups excluding carboxylic acids is 1. The number of carbonyl (C=O) groups is 1. The fourth-order valence-electron chi connectivity index (χ4n) is 2.49. The Kier molecular flexibility index (Phi) is 7.09. The van der Waals surface area contributed by atoms with E-state index in [0.717, 1.165) is 38.4 Å². The van der Waals surface area contributed by atoms with Crippen molar-refractivity contribution in [2.45, 2.75) is 26.4 Å². The number of hydrogen-bond acceptors (Lipinski definition) is 5. The molecule has 0 spiro atoms. The molecule has 128 valence electrons. The summed E-state index contributed by atoms with van der Waals surface area (Å²) in [5, 5.41) is 5.81. The van der Waals surface area contributed by atoms with Gasteiger partial charge in [0.15, 0.2) is 0 Å². The lowest BCUT2D eigenvalue weighted by atomic mass is 10.2. The molecule has 2 heterocycles. The van der Waals surface area contributed by atoms with Crippen LogP contribution in [0.2, 0.25) is 0 Å². The quantitative estimate of drug-likeness (QED) is 0.783. The van der Waals surface area contributed by atoms with Gasteiger partial charge in [-0.05, 0) is 19.9 Å². The van der Waals surface area contributed by atoms with E-state index < -0.39 is 0 Å². The normalized spacial score (nSPS) is 16.6. The van der Waals surface area contributed by atoms with E-state index in [9.17, 15) is 4.79 Å². The van der Waals surface area contributed by atoms with Crippen molar-refractivity contribution in [2.24, 2.45) is 0 Å². The van der Waals surface area contributed by atoms with Crippen LogP contribution in [0.15, 0.2) is 18.3 Å². The maximum atomic E-state index is 12.0. The molecule has 7 nitrogen and oxygen atoms in total. The molecule has 1 aromatic rings. The number of hydrogen-bond donors (Lipinski definition) is 2. The first kappa shape index (κ1) is 17.5. The molecule has 0 saturated carbocycles. The van der Waals surface area contributed by atoms with Gasteiger partial charge in [0.25, 0.3) is 0 Å². The van der Waals surface area contributed by atoms with Gasteiger partial charge in [-0.2, -0.15) is 0 Å². The minimum Gasteiger partial charge on any atom is -0.478 e. The van der Waals surface area contributed by atoms with Gasteiger partial charge in [0.2, 0.25) is 5.88 Å². The second-order valence-electron chi connectivity index (χ2n) is 5.54. The second-order valence-corrected chi connectivity index (χ2v) is 5.54. The van der Waals surface area contributed by atoms with Gasteiger partial charge in [-0.25, -0.2) is 9.78 Å². The third-order valence-electron chi connectivity index (χ3n) is 3.58. The van der Waals surface area contributed by atoms with Gasteiger partial charge in [-0.15, -0.1) is 0 Å². The topological polar surface area (TPSA) is 75.7 Å². The molecular weight excluding hydrogens is 296 g/mol. The molecule has 7 heteroatoms. The van der Waals surface area contributed by atoms with Crippen LogP contribution in [0, 0.1) is 0 Å². The lowest BCUT2D eigenvalue weighted by molar-refractivity contribution is 0.0349. The Hall–Kier alpha value is -1.86. The molecule has 1 aliphatic heterocycles. The first-order valence-corrected chi connectivity index (χ1v) is 8.10. The minimum atomic E-state index is -0.183. The first-order valence-electron chi connectivity index (χ1n) is 8.10. The van der Waals surface area contributed by atoms with Crippen molar-refractivity contribution < 1.29 is 14.3 Å². The molecule has 2 N–H and O–H groups in total. The molecule has 0 bridgehead atoms. The lowest BCUT2D eigenvalue weighted by Crippen LogP contribution is -2.48. The van der Waals surface area contributed by atoms with Crippen molar-refractivity contribution in [3.63, 3.8) is 0 Å². The van der Waals surface area contributed by atoms with Crippen molar-refractivity contribution in [3.05, 3.63) is 23.9 Å².